The SMILES string of the molecule is O=C(NCc1ccccc1Cl)c1cnn(Cc2ccc(Cl)cc2Cl)c1N(Cc1ccccc1Cl)Cc1ccccc1Cl. The van der Waals surface area contributed by atoms with E-state index in [9.17, 15) is 4.79 Å². The molecule has 4 aromatic carbocycles. The zero-order valence-corrected chi connectivity index (χ0v) is 26.0. The molecule has 1 amide bonds. The second-order valence-electron chi connectivity index (χ2n) is 9.59. The maximum absolute atomic E-state index is 13.7. The van der Waals surface area contributed by atoms with Gasteiger partial charge in [-0.3, -0.25) is 4.79 Å². The molecule has 0 aliphatic carbocycles. The predicted molar refractivity (Wildman–Crippen MR) is 173 cm³/mol. The first kappa shape index (κ1) is 30.3. The van der Waals surface area contributed by atoms with Gasteiger partial charge in [0.25, 0.3) is 5.91 Å². The molecule has 1 heterocycles. The number of hydrogen-bond acceptors (Lipinski definition) is 3. The molecule has 5 nitrogen and oxygen atoms in total. The summed E-state index contributed by atoms with van der Waals surface area (Å²) in [5, 5.41) is 10.5. The van der Waals surface area contributed by atoms with E-state index < -0.39 is 0 Å². The Balaban J connectivity index is 1.58. The summed E-state index contributed by atoms with van der Waals surface area (Å²) >= 11 is 32.3. The highest BCUT2D eigenvalue weighted by Gasteiger charge is 2.25. The lowest BCUT2D eigenvalue weighted by atomic mass is 10.1. The number of rotatable bonds is 10. The van der Waals surface area contributed by atoms with Crippen LogP contribution in [0, 0.1) is 0 Å². The number of aromatic nitrogens is 2. The summed E-state index contributed by atoms with van der Waals surface area (Å²) in [5.74, 6) is 0.277. The van der Waals surface area contributed by atoms with Crippen LogP contribution in [0.5, 0.6) is 0 Å². The highest BCUT2D eigenvalue weighted by atomic mass is 35.5. The Morgan fingerprint density at radius 3 is 1.79 bits per heavy atom. The second kappa shape index (κ2) is 13.9. The van der Waals surface area contributed by atoms with Crippen LogP contribution in [0.2, 0.25) is 25.1 Å². The first-order valence-corrected chi connectivity index (χ1v) is 14.9. The van der Waals surface area contributed by atoms with Crippen LogP contribution in [0.15, 0.2) is 97.2 Å². The molecule has 10 heteroatoms. The average molecular weight is 659 g/mol. The minimum Gasteiger partial charge on any atom is -0.348 e. The lowest BCUT2D eigenvalue weighted by molar-refractivity contribution is 0.0951. The van der Waals surface area contributed by atoms with E-state index in [2.05, 4.69) is 10.4 Å². The van der Waals surface area contributed by atoms with Crippen molar-refractivity contribution in [2.24, 2.45) is 0 Å². The van der Waals surface area contributed by atoms with Gasteiger partial charge >= 0.3 is 0 Å². The third-order valence-electron chi connectivity index (χ3n) is 6.73. The normalized spacial score (nSPS) is 11.0. The molecule has 0 saturated carbocycles. The lowest BCUT2D eigenvalue weighted by Gasteiger charge is -2.28. The van der Waals surface area contributed by atoms with Gasteiger partial charge in [-0.05, 0) is 52.6 Å². The molecule has 42 heavy (non-hydrogen) atoms. The maximum atomic E-state index is 13.7. The fourth-order valence-corrected chi connectivity index (χ4v) is 5.64. The minimum atomic E-state index is -0.304. The molecule has 5 rings (SSSR count). The molecule has 0 bridgehead atoms. The number of nitrogens with zero attached hydrogens (tertiary/aromatic N) is 3. The van der Waals surface area contributed by atoms with E-state index in [0.29, 0.717) is 56.1 Å². The molecule has 0 aliphatic heterocycles. The van der Waals surface area contributed by atoms with Crippen LogP contribution < -0.4 is 10.2 Å². The van der Waals surface area contributed by atoms with E-state index in [4.69, 9.17) is 58.0 Å². The monoisotopic (exact) mass is 656 g/mol. The van der Waals surface area contributed by atoms with Crippen LogP contribution in [0.1, 0.15) is 32.6 Å². The number of amides is 1. The van der Waals surface area contributed by atoms with Crippen LogP contribution >= 0.6 is 58.0 Å². The van der Waals surface area contributed by atoms with Crippen molar-refractivity contribution in [2.75, 3.05) is 4.90 Å². The van der Waals surface area contributed by atoms with Gasteiger partial charge in [0, 0.05) is 44.7 Å². The van der Waals surface area contributed by atoms with Crippen molar-refractivity contribution in [2.45, 2.75) is 26.2 Å². The van der Waals surface area contributed by atoms with E-state index in [1.54, 1.807) is 29.1 Å². The summed E-state index contributed by atoms with van der Waals surface area (Å²) < 4.78 is 1.76. The summed E-state index contributed by atoms with van der Waals surface area (Å²) in [6, 6.07) is 27.9. The molecule has 1 aromatic heterocycles. The Bertz CT molecular complexity index is 1670. The fourth-order valence-electron chi connectivity index (χ4n) is 4.58. The van der Waals surface area contributed by atoms with Gasteiger partial charge in [-0.25, -0.2) is 4.68 Å². The van der Waals surface area contributed by atoms with Gasteiger partial charge in [0.2, 0.25) is 0 Å². The van der Waals surface area contributed by atoms with Crippen molar-refractivity contribution in [3.05, 3.63) is 150 Å². The first-order valence-electron chi connectivity index (χ1n) is 13.0. The van der Waals surface area contributed by atoms with Crippen LogP contribution in [0.25, 0.3) is 0 Å². The summed E-state index contributed by atoms with van der Waals surface area (Å²) in [6.45, 7) is 1.32. The largest absolute Gasteiger partial charge is 0.348 e. The number of anilines is 1. The maximum Gasteiger partial charge on any atom is 0.256 e. The number of carbonyl (C=O) groups excluding carboxylic acids is 1. The van der Waals surface area contributed by atoms with Crippen LogP contribution in [-0.2, 0) is 26.2 Å². The third kappa shape index (κ3) is 7.23. The predicted octanol–water partition coefficient (Wildman–Crippen LogP) is 9.34. The molecule has 1 N–H and O–H groups in total. The molecular weight excluding hydrogens is 634 g/mol. The smallest absolute Gasteiger partial charge is 0.256 e. The molecule has 0 atom stereocenters. The summed E-state index contributed by atoms with van der Waals surface area (Å²) in [7, 11) is 0. The van der Waals surface area contributed by atoms with Crippen molar-refractivity contribution in [3.8, 4) is 0 Å². The van der Waals surface area contributed by atoms with Gasteiger partial charge in [-0.1, -0.05) is 119 Å². The highest BCUT2D eigenvalue weighted by Crippen LogP contribution is 2.31. The van der Waals surface area contributed by atoms with Gasteiger partial charge in [0.05, 0.1) is 12.7 Å². The van der Waals surface area contributed by atoms with Gasteiger partial charge in [0.1, 0.15) is 11.4 Å². The molecule has 0 spiro atoms. The zero-order valence-electron chi connectivity index (χ0n) is 22.2. The molecule has 0 unspecified atom stereocenters. The van der Waals surface area contributed by atoms with Gasteiger partial charge in [-0.2, -0.15) is 5.10 Å². The zero-order chi connectivity index (χ0) is 29.6. The van der Waals surface area contributed by atoms with Gasteiger partial charge < -0.3 is 10.2 Å². The Kier molecular flexibility index (Phi) is 9.99. The van der Waals surface area contributed by atoms with Crippen molar-refractivity contribution < 1.29 is 4.79 Å². The van der Waals surface area contributed by atoms with Crippen molar-refractivity contribution >= 4 is 69.7 Å². The van der Waals surface area contributed by atoms with Gasteiger partial charge in [-0.15, -0.1) is 0 Å². The summed E-state index contributed by atoms with van der Waals surface area (Å²) in [5.41, 5.74) is 3.74. The number of hydrogen-bond donors (Lipinski definition) is 1. The molecular formula is C32H25Cl5N4O. The molecule has 214 valence electrons. The standard InChI is InChI=1S/C32H25Cl5N4O/c33-25-14-13-24(30(37)15-25)20-41-32(26(17-39-41)31(42)38-16-21-7-1-4-10-27(21)34)40(18-22-8-2-5-11-28(22)35)19-23-9-3-6-12-29(23)36/h1-15,17H,16,18-20H2,(H,38,42). The van der Waals surface area contributed by atoms with Gasteiger partial charge in [0.15, 0.2) is 0 Å². The number of nitrogens with one attached hydrogen (secondary N) is 1. The quantitative estimate of drug-likeness (QED) is 0.163. The highest BCUT2D eigenvalue weighted by molar-refractivity contribution is 6.35. The van der Waals surface area contributed by atoms with Crippen LogP contribution in [0.3, 0.4) is 0 Å². The Labute approximate surface area is 269 Å². The van der Waals surface area contributed by atoms with E-state index in [-0.39, 0.29) is 12.5 Å². The second-order valence-corrected chi connectivity index (χ2v) is 11.7. The third-order valence-corrected chi connectivity index (χ3v) is 8.42. The Morgan fingerprint density at radius 2 is 1.24 bits per heavy atom. The van der Waals surface area contributed by atoms with E-state index >= 15 is 0 Å². The van der Waals surface area contributed by atoms with Crippen molar-refractivity contribution in [3.63, 3.8) is 0 Å². The van der Waals surface area contributed by atoms with E-state index in [0.717, 1.165) is 22.3 Å². The number of benzene rings is 4. The molecule has 0 radical (unpaired) electrons. The van der Waals surface area contributed by atoms with Crippen LogP contribution in [0.4, 0.5) is 5.82 Å². The lowest BCUT2D eigenvalue weighted by Crippen LogP contribution is -2.30. The first-order chi connectivity index (χ1) is 20.3. The van der Waals surface area contributed by atoms with Crippen molar-refractivity contribution in [1.29, 1.82) is 0 Å². The van der Waals surface area contributed by atoms with E-state index in [1.807, 2.05) is 77.7 Å². The Hall–Kier alpha value is -3.19. The average Bonchev–Trinajstić information content (AvgIpc) is 3.39. The minimum absolute atomic E-state index is 0.251. The Morgan fingerprint density at radius 1 is 0.690 bits per heavy atom. The fraction of sp³-hybridized carbons (Fsp3) is 0.125. The number of carbonyl (C=O) groups is 1. The van der Waals surface area contributed by atoms with E-state index in [1.165, 1.54) is 0 Å². The van der Waals surface area contributed by atoms with Crippen molar-refractivity contribution in [1.82, 2.24) is 15.1 Å². The summed E-state index contributed by atoms with van der Waals surface area (Å²) in [6.07, 6.45) is 1.56. The molecule has 0 fully saturated rings. The molecule has 0 aliphatic rings. The van der Waals surface area contributed by atoms with Crippen LogP contribution in [-0.4, -0.2) is 15.7 Å². The summed E-state index contributed by atoms with van der Waals surface area (Å²) in [4.78, 5) is 15.8. The molecule has 0 saturated heterocycles. The molecule has 5 aromatic rings. The number of halogens is 5. The topological polar surface area (TPSA) is 50.2 Å².